The van der Waals surface area contributed by atoms with Crippen LogP contribution < -0.4 is 4.90 Å². The summed E-state index contributed by atoms with van der Waals surface area (Å²) >= 11 is 14.4. The highest BCUT2D eigenvalue weighted by molar-refractivity contribution is 7.22. The third-order valence-corrected chi connectivity index (χ3v) is 13.2. The lowest BCUT2D eigenvalue weighted by atomic mass is 9.51. The lowest BCUT2D eigenvalue weighted by molar-refractivity contribution is -0.145. The van der Waals surface area contributed by atoms with E-state index in [0.29, 0.717) is 33.5 Å². The molecule has 4 aliphatic rings. The van der Waals surface area contributed by atoms with Crippen LogP contribution in [0.3, 0.4) is 0 Å². The number of hydrogen-bond donors (Lipinski definition) is 1. The average molecular weight is 732 g/mol. The Bertz CT molecular complexity index is 2230. The van der Waals surface area contributed by atoms with E-state index in [1.165, 1.54) is 15.9 Å². The number of carbonyl (C=O) groups excluding carboxylic acids is 4. The Kier molecular flexibility index (Phi) is 7.30. The Morgan fingerprint density at radius 2 is 1.66 bits per heavy atom. The molecule has 0 bridgehead atoms. The van der Waals surface area contributed by atoms with Gasteiger partial charge >= 0.3 is 0 Å². The summed E-state index contributed by atoms with van der Waals surface area (Å²) in [5, 5.41) is 18.1. The minimum atomic E-state index is -1.33. The fourth-order valence-corrected chi connectivity index (χ4v) is 10.7. The van der Waals surface area contributed by atoms with Gasteiger partial charge in [-0.15, -0.1) is 11.3 Å². The van der Waals surface area contributed by atoms with E-state index in [0.717, 1.165) is 26.1 Å². The molecule has 1 saturated carbocycles. The van der Waals surface area contributed by atoms with E-state index < -0.39 is 52.4 Å². The number of phenols is 1. The number of anilines is 1. The molecule has 3 fully saturated rings. The van der Waals surface area contributed by atoms with E-state index in [-0.39, 0.29) is 24.0 Å². The van der Waals surface area contributed by atoms with Gasteiger partial charge in [-0.05, 0) is 101 Å². The summed E-state index contributed by atoms with van der Waals surface area (Å²) in [6.07, 6.45) is 2.50. The maximum absolute atomic E-state index is 15.0. The lowest BCUT2D eigenvalue weighted by Gasteiger charge is -2.49. The molecule has 9 nitrogen and oxygen atoms in total. The van der Waals surface area contributed by atoms with Crippen LogP contribution in [0.5, 0.6) is 5.75 Å². The molecule has 2 aliphatic heterocycles. The lowest BCUT2D eigenvalue weighted by Crippen LogP contribution is -2.49. The minimum absolute atomic E-state index is 0.0601. The molecule has 50 heavy (non-hydrogen) atoms. The first-order valence-electron chi connectivity index (χ1n) is 16.7. The molecule has 2 aromatic carbocycles. The van der Waals surface area contributed by atoms with Crippen LogP contribution in [0, 0.1) is 36.0 Å². The number of nitrogens with zero attached hydrogens (tertiary/aromatic N) is 4. The maximum Gasteiger partial charge on any atom is 0.242 e. The highest BCUT2D eigenvalue weighted by Crippen LogP contribution is 2.64. The number of aromatic nitrogens is 2. The molecule has 2 aliphatic carbocycles. The summed E-state index contributed by atoms with van der Waals surface area (Å²) in [4.78, 5) is 61.1. The molecule has 0 spiro atoms. The quantitative estimate of drug-likeness (QED) is 0.171. The van der Waals surface area contributed by atoms with Gasteiger partial charge < -0.3 is 5.11 Å². The van der Waals surface area contributed by atoms with Gasteiger partial charge in [-0.2, -0.15) is 5.10 Å². The standard InChI is InChI=1S/C38H36Cl2N4O5S/c1-17-22-13-19(40)8-12-28(22)50-32(17)26-16-29(42(6)41-26)43-34(47)25-15-23-20(9-10-21-30(23)35(48)44(33(21)46)37(2,3)4)31(38(25,5)36(43)49)24-14-18(39)7-11-27(24)45/h7-9,11-14,16,21,23,25,30-31,45H,10,15H2,1-6H3. The summed E-state index contributed by atoms with van der Waals surface area (Å²) < 4.78 is 2.60. The van der Waals surface area contributed by atoms with Crippen LogP contribution in [-0.2, 0) is 26.2 Å². The van der Waals surface area contributed by atoms with Crippen molar-refractivity contribution in [3.05, 3.63) is 75.3 Å². The van der Waals surface area contributed by atoms with Crippen LogP contribution in [-0.4, -0.2) is 49.0 Å². The number of imide groups is 2. The van der Waals surface area contributed by atoms with Crippen LogP contribution in [0.25, 0.3) is 20.7 Å². The SMILES string of the molecule is Cc1c(-c2cc(N3C(=O)C4CC5C(=CCC6C(=O)N(C(C)(C)C)C(=O)C65)C(c5cc(Cl)ccc5O)C4(C)C3=O)n(C)n2)sc2ccc(Cl)cc12. The van der Waals surface area contributed by atoms with Gasteiger partial charge in [0.15, 0.2) is 0 Å². The van der Waals surface area contributed by atoms with Crippen molar-refractivity contribution in [2.45, 2.75) is 58.9 Å². The number of aryl methyl sites for hydroxylation is 2. The Morgan fingerprint density at radius 3 is 2.38 bits per heavy atom. The van der Waals surface area contributed by atoms with Gasteiger partial charge in [-0.1, -0.05) is 34.9 Å². The highest BCUT2D eigenvalue weighted by Gasteiger charge is 2.68. The van der Waals surface area contributed by atoms with E-state index in [4.69, 9.17) is 28.3 Å². The Balaban J connectivity index is 1.26. The van der Waals surface area contributed by atoms with Gasteiger partial charge in [0.2, 0.25) is 23.6 Å². The molecule has 4 amide bonds. The van der Waals surface area contributed by atoms with Gasteiger partial charge in [0, 0.05) is 44.9 Å². The fourth-order valence-electron chi connectivity index (χ4n) is 9.21. The van der Waals surface area contributed by atoms with Gasteiger partial charge in [-0.25, -0.2) is 4.90 Å². The van der Waals surface area contributed by atoms with Crippen molar-refractivity contribution in [2.24, 2.45) is 36.1 Å². The van der Waals surface area contributed by atoms with Crippen molar-refractivity contribution in [3.8, 4) is 16.3 Å². The molecule has 12 heteroatoms. The summed E-state index contributed by atoms with van der Waals surface area (Å²) in [5.74, 6) is -4.38. The van der Waals surface area contributed by atoms with E-state index in [2.05, 4.69) is 0 Å². The molecular formula is C38H36Cl2N4O5S. The number of aromatic hydroxyl groups is 1. The normalized spacial score (nSPS) is 28.0. The number of fused-ring (bicyclic) bond motifs is 5. The monoisotopic (exact) mass is 730 g/mol. The number of allylic oxidation sites excluding steroid dienone is 2. The Labute approximate surface area is 303 Å². The largest absolute Gasteiger partial charge is 0.508 e. The Morgan fingerprint density at radius 1 is 0.960 bits per heavy atom. The highest BCUT2D eigenvalue weighted by atomic mass is 35.5. The second kappa shape index (κ2) is 11.0. The molecule has 0 radical (unpaired) electrons. The van der Waals surface area contributed by atoms with E-state index >= 15 is 0 Å². The molecule has 1 N–H and O–H groups in total. The molecule has 6 atom stereocenters. The van der Waals surface area contributed by atoms with Gasteiger partial charge in [0.1, 0.15) is 17.3 Å². The molecule has 4 heterocycles. The predicted molar refractivity (Wildman–Crippen MR) is 193 cm³/mol. The molecule has 6 unspecified atom stereocenters. The van der Waals surface area contributed by atoms with Crippen molar-refractivity contribution in [3.63, 3.8) is 0 Å². The van der Waals surface area contributed by atoms with Crippen molar-refractivity contribution in [1.82, 2.24) is 14.7 Å². The number of likely N-dealkylation sites (tertiary alicyclic amines) is 1. The number of hydrogen-bond acceptors (Lipinski definition) is 7. The third kappa shape index (κ3) is 4.47. The Hall–Kier alpha value is -3.99. The van der Waals surface area contributed by atoms with Crippen molar-refractivity contribution >= 4 is 74.1 Å². The zero-order valence-corrected chi connectivity index (χ0v) is 30.8. The third-order valence-electron chi connectivity index (χ3n) is 11.5. The van der Waals surface area contributed by atoms with Gasteiger partial charge in [-0.3, -0.25) is 28.8 Å². The van der Waals surface area contributed by atoms with Crippen molar-refractivity contribution < 1.29 is 24.3 Å². The van der Waals surface area contributed by atoms with Crippen LogP contribution in [0.2, 0.25) is 10.0 Å². The van der Waals surface area contributed by atoms with Crippen LogP contribution in [0.15, 0.2) is 54.1 Å². The first kappa shape index (κ1) is 33.2. The number of rotatable bonds is 3. The molecule has 4 aromatic rings. The number of carbonyl (C=O) groups is 4. The number of amides is 4. The van der Waals surface area contributed by atoms with Crippen LogP contribution >= 0.6 is 34.5 Å². The smallest absolute Gasteiger partial charge is 0.242 e. The molecular weight excluding hydrogens is 695 g/mol. The van der Waals surface area contributed by atoms with Crippen LogP contribution in [0.4, 0.5) is 5.82 Å². The van der Waals surface area contributed by atoms with Gasteiger partial charge in [0.05, 0.1) is 28.0 Å². The van der Waals surface area contributed by atoms with Crippen LogP contribution in [0.1, 0.15) is 57.6 Å². The topological polar surface area (TPSA) is 113 Å². The number of thiophene rings is 1. The first-order valence-corrected chi connectivity index (χ1v) is 18.3. The molecule has 258 valence electrons. The minimum Gasteiger partial charge on any atom is -0.508 e. The fraction of sp³-hybridized carbons (Fsp3) is 0.395. The summed E-state index contributed by atoms with van der Waals surface area (Å²) in [5.41, 5.74) is 0.770. The molecule has 2 aromatic heterocycles. The summed E-state index contributed by atoms with van der Waals surface area (Å²) in [7, 11) is 1.71. The predicted octanol–water partition coefficient (Wildman–Crippen LogP) is 7.65. The molecule has 2 saturated heterocycles. The van der Waals surface area contributed by atoms with Crippen molar-refractivity contribution in [2.75, 3.05) is 4.90 Å². The van der Waals surface area contributed by atoms with Gasteiger partial charge in [0.25, 0.3) is 0 Å². The number of benzene rings is 2. The van der Waals surface area contributed by atoms with Crippen molar-refractivity contribution in [1.29, 1.82) is 0 Å². The second-order valence-corrected chi connectivity index (χ2v) is 17.2. The number of halogens is 2. The summed E-state index contributed by atoms with van der Waals surface area (Å²) in [6.45, 7) is 9.31. The second-order valence-electron chi connectivity index (χ2n) is 15.3. The molecule has 8 rings (SSSR count). The number of phenolic OH excluding ortho intramolecular Hbond substituents is 1. The van der Waals surface area contributed by atoms with E-state index in [9.17, 15) is 24.3 Å². The zero-order valence-electron chi connectivity index (χ0n) is 28.5. The first-order chi connectivity index (χ1) is 23.5. The van der Waals surface area contributed by atoms with E-state index in [1.54, 1.807) is 48.2 Å². The zero-order chi connectivity index (χ0) is 35.8. The average Bonchev–Trinajstić information content (AvgIpc) is 3.72. The summed E-state index contributed by atoms with van der Waals surface area (Å²) in [6, 6.07) is 12.2. The maximum atomic E-state index is 15.0. The van der Waals surface area contributed by atoms with E-state index in [1.807, 2.05) is 52.0 Å².